The van der Waals surface area contributed by atoms with E-state index in [-0.39, 0.29) is 11.6 Å². The Morgan fingerprint density at radius 1 is 0.967 bits per heavy atom. The number of carbonyl (C=O) groups excluding carboxylic acids is 1. The molecule has 0 saturated carbocycles. The minimum absolute atomic E-state index is 0.0445. The first-order chi connectivity index (χ1) is 14.6. The first-order valence-electron chi connectivity index (χ1n) is 9.20. The molecular weight excluding hydrogens is 465 g/mol. The maximum absolute atomic E-state index is 13.7. The van der Waals surface area contributed by atoms with E-state index in [1.54, 1.807) is 10.7 Å². The van der Waals surface area contributed by atoms with E-state index >= 15 is 0 Å². The lowest BCUT2D eigenvalue weighted by Crippen LogP contribution is -2.00. The summed E-state index contributed by atoms with van der Waals surface area (Å²) in [4.78, 5) is 17.9. The van der Waals surface area contributed by atoms with Crippen molar-refractivity contribution in [3.63, 3.8) is 0 Å². The van der Waals surface area contributed by atoms with Crippen LogP contribution in [0.4, 0.5) is 4.39 Å². The van der Waals surface area contributed by atoms with E-state index in [0.717, 1.165) is 26.0 Å². The van der Waals surface area contributed by atoms with Gasteiger partial charge in [0.15, 0.2) is 5.78 Å². The van der Waals surface area contributed by atoms with Gasteiger partial charge in [0.2, 0.25) is 5.13 Å². The molecule has 0 bridgehead atoms. The molecule has 7 heteroatoms. The smallest absolute Gasteiger partial charge is 0.212 e. The first kappa shape index (κ1) is 17.7. The Hall–Kier alpha value is -3.16. The maximum atomic E-state index is 13.7. The lowest BCUT2D eigenvalue weighted by molar-refractivity contribution is 0.104. The van der Waals surface area contributed by atoms with Gasteiger partial charge in [-0.1, -0.05) is 63.7 Å². The van der Waals surface area contributed by atoms with Crippen LogP contribution in [0, 0.1) is 5.82 Å². The van der Waals surface area contributed by atoms with Crippen LogP contribution < -0.4 is 0 Å². The van der Waals surface area contributed by atoms with Crippen molar-refractivity contribution in [1.29, 1.82) is 0 Å². The second kappa shape index (κ2) is 6.42. The van der Waals surface area contributed by atoms with E-state index in [9.17, 15) is 9.18 Å². The summed E-state index contributed by atoms with van der Waals surface area (Å²) in [6, 6.07) is 19.8. The number of benzene rings is 3. The third-order valence-corrected chi connectivity index (χ3v) is 6.70. The Bertz CT molecular complexity index is 1490. The number of thiazole rings is 1. The van der Waals surface area contributed by atoms with Crippen molar-refractivity contribution in [3.05, 3.63) is 88.1 Å². The standard InChI is InChI=1S/C23H11BrFN3OS/c24-13-7-5-12(6-8-13)20-19-21(15-3-1-2-4-16(15)22(19)29)28(27-20)23-26-17-10-9-14(25)11-18(17)30-23/h1-11H. The fourth-order valence-corrected chi connectivity index (χ4v) is 5.04. The van der Waals surface area contributed by atoms with Crippen LogP contribution in [0.15, 0.2) is 71.2 Å². The van der Waals surface area contributed by atoms with Crippen molar-refractivity contribution in [1.82, 2.24) is 14.8 Å². The zero-order valence-electron chi connectivity index (χ0n) is 15.3. The number of fused-ring (bicyclic) bond motifs is 4. The summed E-state index contributed by atoms with van der Waals surface area (Å²) in [5, 5.41) is 5.40. The van der Waals surface area contributed by atoms with Crippen molar-refractivity contribution < 1.29 is 9.18 Å². The highest BCUT2D eigenvalue weighted by molar-refractivity contribution is 9.10. The van der Waals surface area contributed by atoms with Gasteiger partial charge in [0.1, 0.15) is 11.5 Å². The number of aromatic nitrogens is 3. The molecule has 3 aromatic carbocycles. The molecule has 0 aliphatic heterocycles. The molecule has 1 aliphatic carbocycles. The Kier molecular flexibility index (Phi) is 3.78. The number of ketones is 1. The van der Waals surface area contributed by atoms with E-state index in [0.29, 0.717) is 27.5 Å². The summed E-state index contributed by atoms with van der Waals surface area (Å²) in [7, 11) is 0. The monoisotopic (exact) mass is 475 g/mol. The van der Waals surface area contributed by atoms with Crippen LogP contribution >= 0.6 is 27.3 Å². The molecule has 0 unspecified atom stereocenters. The van der Waals surface area contributed by atoms with Crippen LogP contribution in [-0.4, -0.2) is 20.5 Å². The summed E-state index contributed by atoms with van der Waals surface area (Å²) in [5.74, 6) is -0.351. The Balaban J connectivity index is 1.66. The fourth-order valence-electron chi connectivity index (χ4n) is 3.83. The molecule has 144 valence electrons. The molecule has 6 rings (SSSR count). The SMILES string of the molecule is O=C1c2ccccc2-c2c1c(-c1ccc(Br)cc1)nn2-c1nc2ccc(F)cc2s1. The Morgan fingerprint density at radius 3 is 2.53 bits per heavy atom. The number of carbonyl (C=O) groups is 1. The summed E-state index contributed by atoms with van der Waals surface area (Å²) in [6.07, 6.45) is 0. The molecule has 0 saturated heterocycles. The molecule has 2 heterocycles. The normalized spacial score (nSPS) is 12.4. The highest BCUT2D eigenvalue weighted by atomic mass is 79.9. The molecule has 5 aromatic rings. The molecule has 2 aromatic heterocycles. The molecule has 0 atom stereocenters. The molecule has 0 amide bonds. The van der Waals surface area contributed by atoms with E-state index in [1.165, 1.54) is 23.5 Å². The first-order valence-corrected chi connectivity index (χ1v) is 10.8. The number of nitrogens with zero attached hydrogens (tertiary/aromatic N) is 3. The fraction of sp³-hybridized carbons (Fsp3) is 0. The van der Waals surface area contributed by atoms with Gasteiger partial charge in [-0.25, -0.2) is 14.1 Å². The van der Waals surface area contributed by atoms with Crippen LogP contribution in [0.1, 0.15) is 15.9 Å². The second-order valence-corrected chi connectivity index (χ2v) is 8.90. The van der Waals surface area contributed by atoms with Gasteiger partial charge in [-0.2, -0.15) is 5.10 Å². The summed E-state index contributed by atoms with van der Waals surface area (Å²) >= 11 is 4.80. The van der Waals surface area contributed by atoms with Crippen LogP contribution in [0.2, 0.25) is 0 Å². The van der Waals surface area contributed by atoms with Crippen LogP contribution in [-0.2, 0) is 0 Å². The van der Waals surface area contributed by atoms with Gasteiger partial charge in [-0.05, 0) is 30.3 Å². The van der Waals surface area contributed by atoms with E-state index in [1.807, 2.05) is 48.5 Å². The van der Waals surface area contributed by atoms with Crippen molar-refractivity contribution in [2.75, 3.05) is 0 Å². The lowest BCUT2D eigenvalue weighted by atomic mass is 10.0. The topological polar surface area (TPSA) is 47.8 Å². The molecule has 0 fully saturated rings. The van der Waals surface area contributed by atoms with Gasteiger partial charge in [-0.15, -0.1) is 0 Å². The maximum Gasteiger partial charge on any atom is 0.212 e. The van der Waals surface area contributed by atoms with Gasteiger partial charge in [0.25, 0.3) is 0 Å². The van der Waals surface area contributed by atoms with Crippen molar-refractivity contribution in [3.8, 4) is 27.6 Å². The third kappa shape index (κ3) is 2.52. The number of hydrogen-bond acceptors (Lipinski definition) is 4. The number of hydrogen-bond donors (Lipinski definition) is 0. The molecule has 0 radical (unpaired) electrons. The van der Waals surface area contributed by atoms with Gasteiger partial charge in [0.05, 0.1) is 21.5 Å². The molecule has 0 N–H and O–H groups in total. The zero-order valence-corrected chi connectivity index (χ0v) is 17.7. The van der Waals surface area contributed by atoms with E-state index in [4.69, 9.17) is 5.10 Å². The largest absolute Gasteiger partial charge is 0.288 e. The minimum atomic E-state index is -0.306. The Labute approximate surface area is 182 Å². The van der Waals surface area contributed by atoms with Crippen LogP contribution in [0.25, 0.3) is 37.9 Å². The van der Waals surface area contributed by atoms with E-state index < -0.39 is 0 Å². The Morgan fingerprint density at radius 2 is 1.73 bits per heavy atom. The van der Waals surface area contributed by atoms with Crippen LogP contribution in [0.5, 0.6) is 0 Å². The summed E-state index contributed by atoms with van der Waals surface area (Å²) in [6.45, 7) is 0. The van der Waals surface area contributed by atoms with Crippen molar-refractivity contribution >= 4 is 43.3 Å². The predicted molar refractivity (Wildman–Crippen MR) is 119 cm³/mol. The van der Waals surface area contributed by atoms with Gasteiger partial charge in [0, 0.05) is 21.2 Å². The van der Waals surface area contributed by atoms with Gasteiger partial charge in [-0.3, -0.25) is 4.79 Å². The van der Waals surface area contributed by atoms with Crippen molar-refractivity contribution in [2.24, 2.45) is 0 Å². The highest BCUT2D eigenvalue weighted by Gasteiger charge is 2.35. The highest BCUT2D eigenvalue weighted by Crippen LogP contribution is 2.43. The van der Waals surface area contributed by atoms with Crippen molar-refractivity contribution in [2.45, 2.75) is 0 Å². The average Bonchev–Trinajstić information content (AvgIpc) is 3.42. The molecular formula is C23H11BrFN3OS. The van der Waals surface area contributed by atoms with E-state index in [2.05, 4.69) is 20.9 Å². The summed E-state index contributed by atoms with van der Waals surface area (Å²) < 4.78 is 17.1. The molecule has 30 heavy (non-hydrogen) atoms. The number of rotatable bonds is 2. The van der Waals surface area contributed by atoms with Gasteiger partial charge >= 0.3 is 0 Å². The lowest BCUT2D eigenvalue weighted by Gasteiger charge is -2.03. The number of halogens is 2. The summed E-state index contributed by atoms with van der Waals surface area (Å²) in [5.41, 5.74) is 4.95. The van der Waals surface area contributed by atoms with Gasteiger partial charge < -0.3 is 0 Å². The second-order valence-electron chi connectivity index (χ2n) is 6.97. The quantitative estimate of drug-likeness (QED) is 0.296. The molecule has 1 aliphatic rings. The molecule has 0 spiro atoms. The predicted octanol–water partition coefficient (Wildman–Crippen LogP) is 6.26. The zero-order chi connectivity index (χ0) is 20.4. The molecule has 4 nitrogen and oxygen atoms in total. The van der Waals surface area contributed by atoms with Crippen LogP contribution in [0.3, 0.4) is 0 Å². The minimum Gasteiger partial charge on any atom is -0.288 e. The third-order valence-electron chi connectivity index (χ3n) is 5.18. The average molecular weight is 476 g/mol.